The van der Waals surface area contributed by atoms with Crippen molar-refractivity contribution in [2.75, 3.05) is 45.9 Å². The average molecular weight is 899 g/mol. The molecule has 7 nitrogen and oxygen atoms in total. The van der Waals surface area contributed by atoms with Gasteiger partial charge in [0.2, 0.25) is 0 Å². The van der Waals surface area contributed by atoms with Gasteiger partial charge in [-0.15, -0.1) is 0 Å². The molecule has 0 saturated carbocycles. The van der Waals surface area contributed by atoms with Crippen LogP contribution in [0.4, 0.5) is 0 Å². The molecular weight excluding hydrogens is 793 g/mol. The zero-order valence-electron chi connectivity index (χ0n) is 42.8. The van der Waals surface area contributed by atoms with Gasteiger partial charge >= 0.3 is 11.9 Å². The molecule has 7 heteroatoms. The maximum Gasteiger partial charge on any atom is 0.305 e. The van der Waals surface area contributed by atoms with E-state index in [9.17, 15) is 14.7 Å². The number of esters is 2. The fourth-order valence-electron chi connectivity index (χ4n) is 8.17. The van der Waals surface area contributed by atoms with E-state index in [0.29, 0.717) is 26.1 Å². The van der Waals surface area contributed by atoms with Gasteiger partial charge in [-0.3, -0.25) is 9.59 Å². The van der Waals surface area contributed by atoms with E-state index in [-0.39, 0.29) is 24.0 Å². The summed E-state index contributed by atoms with van der Waals surface area (Å²) in [5.74, 6) is 0.0280. The largest absolute Gasteiger partial charge is 0.466 e. The fourth-order valence-corrected chi connectivity index (χ4v) is 8.17. The van der Waals surface area contributed by atoms with Gasteiger partial charge in [0.25, 0.3) is 0 Å². The minimum absolute atomic E-state index is 0.0726. The van der Waals surface area contributed by atoms with Gasteiger partial charge in [0.05, 0.1) is 19.3 Å². The molecule has 0 aliphatic rings. The van der Waals surface area contributed by atoms with E-state index >= 15 is 0 Å². The summed E-state index contributed by atoms with van der Waals surface area (Å²) < 4.78 is 11.1. The van der Waals surface area contributed by atoms with Crippen molar-refractivity contribution >= 4 is 11.9 Å². The zero-order valence-corrected chi connectivity index (χ0v) is 42.8. The quantitative estimate of drug-likeness (QED) is 0.0357. The third-order valence-electron chi connectivity index (χ3n) is 12.2. The lowest BCUT2D eigenvalue weighted by Crippen LogP contribution is -2.34. The molecule has 0 heterocycles. The summed E-state index contributed by atoms with van der Waals surface area (Å²) in [6, 6.07) is 0. The molecule has 0 aromatic rings. The van der Waals surface area contributed by atoms with Crippen molar-refractivity contribution in [2.45, 2.75) is 252 Å². The molecule has 0 amide bonds. The normalized spacial score (nSPS) is 13.1. The first-order valence-electron chi connectivity index (χ1n) is 27.5. The van der Waals surface area contributed by atoms with Crippen molar-refractivity contribution in [1.29, 1.82) is 0 Å². The van der Waals surface area contributed by atoms with E-state index in [1.807, 2.05) is 0 Å². The highest BCUT2D eigenvalue weighted by Gasteiger charge is 2.19. The molecule has 0 fully saturated rings. The Morgan fingerprint density at radius 3 is 1.38 bits per heavy atom. The van der Waals surface area contributed by atoms with E-state index < -0.39 is 0 Å². The number of nitrogens with zero attached hydrogens (tertiary/aromatic N) is 1. The number of hydrogen-bond acceptors (Lipinski definition) is 7. The van der Waals surface area contributed by atoms with Crippen molar-refractivity contribution in [3.63, 3.8) is 0 Å². The second-order valence-electron chi connectivity index (χ2n) is 18.5. The number of aliphatic hydroxyl groups excluding tert-OH is 1. The number of unbranched alkanes of at least 4 members (excludes halogenated alkanes) is 19. The van der Waals surface area contributed by atoms with Crippen LogP contribution < -0.4 is 5.32 Å². The van der Waals surface area contributed by atoms with Crippen molar-refractivity contribution in [3.05, 3.63) is 48.6 Å². The summed E-state index contributed by atoms with van der Waals surface area (Å²) in [4.78, 5) is 27.2. The van der Waals surface area contributed by atoms with E-state index in [1.165, 1.54) is 103 Å². The minimum Gasteiger partial charge on any atom is -0.466 e. The molecule has 0 rings (SSSR count). The van der Waals surface area contributed by atoms with E-state index in [4.69, 9.17) is 9.47 Å². The van der Waals surface area contributed by atoms with Gasteiger partial charge in [0.1, 0.15) is 0 Å². The maximum atomic E-state index is 12.4. The zero-order chi connectivity index (χ0) is 46.7. The van der Waals surface area contributed by atoms with E-state index in [0.717, 1.165) is 135 Å². The summed E-state index contributed by atoms with van der Waals surface area (Å²) >= 11 is 0. The van der Waals surface area contributed by atoms with E-state index in [2.05, 4.69) is 86.5 Å². The molecule has 2 unspecified atom stereocenters. The Kier molecular flexibility index (Phi) is 50.0. The smallest absolute Gasteiger partial charge is 0.305 e. The molecule has 0 aliphatic heterocycles. The Balaban J connectivity index is 4.25. The Morgan fingerprint density at radius 2 is 0.891 bits per heavy atom. The van der Waals surface area contributed by atoms with Crippen LogP contribution in [0.3, 0.4) is 0 Å². The lowest BCUT2D eigenvalue weighted by molar-refractivity contribution is -0.144. The predicted molar refractivity (Wildman–Crippen MR) is 277 cm³/mol. The number of carbonyl (C=O) groups is 2. The fraction of sp³-hybridized carbons (Fsp3) is 0.825. The van der Waals surface area contributed by atoms with Crippen molar-refractivity contribution < 1.29 is 24.2 Å². The number of ether oxygens (including phenoxy) is 2. The third kappa shape index (κ3) is 46.3. The van der Waals surface area contributed by atoms with Crippen molar-refractivity contribution in [2.24, 2.45) is 5.92 Å². The SMILES string of the molecule is CCCCC/C=C\C/C=C\CCCCCCCC(=O)OCCCCCC(O)C(CCCCOC(=O)CCCCCCC/C=C\C/C=C\CCCCC)CNCCCN(CCC)CCC. The number of rotatable bonds is 50. The molecule has 2 N–H and O–H groups in total. The Bertz CT molecular complexity index is 1100. The van der Waals surface area contributed by atoms with Gasteiger partial charge in [-0.25, -0.2) is 0 Å². The van der Waals surface area contributed by atoms with Crippen LogP contribution >= 0.6 is 0 Å². The first-order valence-corrected chi connectivity index (χ1v) is 27.5. The van der Waals surface area contributed by atoms with Gasteiger partial charge < -0.3 is 24.8 Å². The minimum atomic E-state index is -0.370. The van der Waals surface area contributed by atoms with Crippen LogP contribution in [0.2, 0.25) is 0 Å². The van der Waals surface area contributed by atoms with Crippen LogP contribution in [0.15, 0.2) is 48.6 Å². The molecule has 0 spiro atoms. The molecular formula is C57H106N2O5. The summed E-state index contributed by atoms with van der Waals surface area (Å²) in [7, 11) is 0. The van der Waals surface area contributed by atoms with Crippen LogP contribution in [0.5, 0.6) is 0 Å². The molecule has 64 heavy (non-hydrogen) atoms. The monoisotopic (exact) mass is 899 g/mol. The molecule has 0 aromatic heterocycles. The van der Waals surface area contributed by atoms with Crippen LogP contribution in [-0.4, -0.2) is 74.0 Å². The first kappa shape index (κ1) is 61.8. The lowest BCUT2D eigenvalue weighted by Gasteiger charge is -2.24. The van der Waals surface area contributed by atoms with Crippen LogP contribution in [0.1, 0.15) is 246 Å². The van der Waals surface area contributed by atoms with Gasteiger partial charge in [-0.2, -0.15) is 0 Å². The lowest BCUT2D eigenvalue weighted by atomic mass is 9.92. The van der Waals surface area contributed by atoms with E-state index in [1.54, 1.807) is 0 Å². The molecule has 374 valence electrons. The maximum absolute atomic E-state index is 12.4. The first-order chi connectivity index (χ1) is 31.5. The van der Waals surface area contributed by atoms with Gasteiger partial charge in [-0.1, -0.05) is 147 Å². The van der Waals surface area contributed by atoms with Crippen molar-refractivity contribution in [1.82, 2.24) is 10.2 Å². The standard InChI is InChI=1S/C57H106N2O5/c1-5-9-11-13-15-17-19-21-23-25-27-29-31-33-37-45-56(61)63-51-40-35-36-44-55(60)54(53-58-47-42-50-59(48-7-3)49-8-4)43-39-41-52-64-57(62)46-38-34-32-30-28-26-24-22-20-18-16-14-12-10-6-2/h15-18,21-24,54-55,58,60H,5-14,19-20,25-53H2,1-4H3/b17-15-,18-16-,23-21-,24-22-. The summed E-state index contributed by atoms with van der Waals surface area (Å²) in [6.07, 6.45) is 54.6. The van der Waals surface area contributed by atoms with Gasteiger partial charge in [0, 0.05) is 19.4 Å². The number of allylic oxidation sites excluding steroid dienone is 8. The molecule has 2 atom stereocenters. The van der Waals surface area contributed by atoms with Gasteiger partial charge in [-0.05, 0) is 167 Å². The van der Waals surface area contributed by atoms with Crippen LogP contribution in [-0.2, 0) is 19.1 Å². The second-order valence-corrected chi connectivity index (χ2v) is 18.5. The number of aliphatic hydroxyl groups is 1. The van der Waals surface area contributed by atoms with Crippen LogP contribution in [0, 0.1) is 5.92 Å². The Hall–Kier alpha value is -2.22. The topological polar surface area (TPSA) is 88.1 Å². The highest BCUT2D eigenvalue weighted by atomic mass is 16.5. The molecule has 0 bridgehead atoms. The predicted octanol–water partition coefficient (Wildman–Crippen LogP) is 15.5. The average Bonchev–Trinajstić information content (AvgIpc) is 3.29. The summed E-state index contributed by atoms with van der Waals surface area (Å²) in [6.45, 7) is 15.1. The number of carbonyl (C=O) groups excluding carboxylic acids is 2. The highest BCUT2D eigenvalue weighted by molar-refractivity contribution is 5.69. The molecule has 0 aliphatic carbocycles. The number of nitrogens with one attached hydrogen (secondary N) is 1. The number of hydrogen-bond donors (Lipinski definition) is 2. The molecule has 0 saturated heterocycles. The third-order valence-corrected chi connectivity index (χ3v) is 12.2. The van der Waals surface area contributed by atoms with Crippen LogP contribution in [0.25, 0.3) is 0 Å². The molecule has 0 aromatic carbocycles. The van der Waals surface area contributed by atoms with Gasteiger partial charge in [0.15, 0.2) is 0 Å². The Morgan fingerprint density at radius 1 is 0.469 bits per heavy atom. The Labute approximate surface area is 397 Å². The molecule has 0 radical (unpaired) electrons. The summed E-state index contributed by atoms with van der Waals surface area (Å²) in [5.41, 5.74) is 0. The highest BCUT2D eigenvalue weighted by Crippen LogP contribution is 2.19. The second kappa shape index (κ2) is 51.8. The summed E-state index contributed by atoms with van der Waals surface area (Å²) in [5, 5.41) is 14.9. The van der Waals surface area contributed by atoms with Crippen molar-refractivity contribution in [3.8, 4) is 0 Å².